The molecule has 83 valence electrons. The van der Waals surface area contributed by atoms with Crippen LogP contribution in [0.2, 0.25) is 0 Å². The molecule has 3 N–H and O–H groups in total. The van der Waals surface area contributed by atoms with Crippen molar-refractivity contribution in [2.45, 2.75) is 51.6 Å². The second-order valence-electron chi connectivity index (χ2n) is 5.05. The second kappa shape index (κ2) is 4.14. The zero-order valence-corrected chi connectivity index (χ0v) is 8.84. The van der Waals surface area contributed by atoms with E-state index in [0.29, 0.717) is 6.42 Å². The predicted octanol–water partition coefficient (Wildman–Crippen LogP) is 0.0659. The van der Waals surface area contributed by atoms with E-state index < -0.39 is 24.4 Å². The third-order valence-corrected chi connectivity index (χ3v) is 2.29. The summed E-state index contributed by atoms with van der Waals surface area (Å²) in [5.74, 6) is 0. The molecule has 0 aromatic rings. The Balaban J connectivity index is 2.55. The highest BCUT2D eigenvalue weighted by atomic mass is 16.5. The summed E-state index contributed by atoms with van der Waals surface area (Å²) >= 11 is 0. The van der Waals surface area contributed by atoms with Crippen LogP contribution in [0.15, 0.2) is 0 Å². The molecule has 0 spiro atoms. The van der Waals surface area contributed by atoms with Crippen LogP contribution >= 0.6 is 0 Å². The molecule has 1 radical (unpaired) electrons. The lowest BCUT2D eigenvalue weighted by Crippen LogP contribution is -2.51. The summed E-state index contributed by atoms with van der Waals surface area (Å²) in [5.41, 5.74) is 0.0154. The fraction of sp³-hybridized carbons (Fsp3) is 0.900. The molecule has 1 rings (SSSR count). The second-order valence-corrected chi connectivity index (χ2v) is 5.05. The first kappa shape index (κ1) is 11.9. The molecule has 0 saturated carbocycles. The van der Waals surface area contributed by atoms with Crippen LogP contribution in [0.1, 0.15) is 27.2 Å². The Bertz CT molecular complexity index is 187. The van der Waals surface area contributed by atoms with Gasteiger partial charge >= 0.3 is 0 Å². The van der Waals surface area contributed by atoms with Crippen molar-refractivity contribution in [3.05, 3.63) is 6.61 Å². The highest BCUT2D eigenvalue weighted by Gasteiger charge is 2.39. The fourth-order valence-corrected chi connectivity index (χ4v) is 1.54. The van der Waals surface area contributed by atoms with E-state index in [9.17, 15) is 15.3 Å². The minimum atomic E-state index is -1.14. The van der Waals surface area contributed by atoms with Crippen LogP contribution in [0.3, 0.4) is 0 Å². The molecule has 1 aliphatic heterocycles. The smallest absolute Gasteiger partial charge is 0.115 e. The van der Waals surface area contributed by atoms with Crippen LogP contribution in [0.5, 0.6) is 0 Å². The van der Waals surface area contributed by atoms with E-state index in [1.807, 2.05) is 20.8 Å². The molecule has 0 bridgehead atoms. The van der Waals surface area contributed by atoms with Crippen molar-refractivity contribution in [1.82, 2.24) is 0 Å². The Morgan fingerprint density at radius 1 is 1.14 bits per heavy atom. The molecule has 4 nitrogen and oxygen atoms in total. The average Bonchev–Trinajstić information content (AvgIpc) is 2.04. The minimum absolute atomic E-state index is 0.0154. The number of aliphatic hydroxyl groups is 3. The zero-order chi connectivity index (χ0) is 10.9. The monoisotopic (exact) mass is 203 g/mol. The summed E-state index contributed by atoms with van der Waals surface area (Å²) in [6.07, 6.45) is -3.06. The SMILES string of the molecule is CC(C)(C)C[C@H]1O[CH][C@@H](O)[C@@H](O)[C@H]1O. The largest absolute Gasteiger partial charge is 0.388 e. The maximum Gasteiger partial charge on any atom is 0.115 e. The molecular formula is C10H19O4. The van der Waals surface area contributed by atoms with Gasteiger partial charge in [0.05, 0.1) is 6.10 Å². The number of rotatable bonds is 1. The van der Waals surface area contributed by atoms with Crippen molar-refractivity contribution in [3.8, 4) is 0 Å². The fourth-order valence-electron chi connectivity index (χ4n) is 1.54. The maximum absolute atomic E-state index is 9.62. The third kappa shape index (κ3) is 2.92. The number of ether oxygens (including phenoxy) is 1. The van der Waals surface area contributed by atoms with Gasteiger partial charge in [-0.3, -0.25) is 0 Å². The summed E-state index contributed by atoms with van der Waals surface area (Å²) in [4.78, 5) is 0. The van der Waals surface area contributed by atoms with Gasteiger partial charge in [0.1, 0.15) is 24.9 Å². The molecule has 1 heterocycles. The highest BCUT2D eigenvalue weighted by Crippen LogP contribution is 2.29. The van der Waals surface area contributed by atoms with Gasteiger partial charge in [0, 0.05) is 0 Å². The van der Waals surface area contributed by atoms with Crippen LogP contribution in [-0.2, 0) is 4.74 Å². The summed E-state index contributed by atoms with van der Waals surface area (Å²) < 4.78 is 5.16. The Morgan fingerprint density at radius 3 is 2.21 bits per heavy atom. The van der Waals surface area contributed by atoms with Gasteiger partial charge in [-0.1, -0.05) is 20.8 Å². The van der Waals surface area contributed by atoms with Gasteiger partial charge in [-0.15, -0.1) is 0 Å². The number of hydrogen-bond donors (Lipinski definition) is 3. The Hall–Kier alpha value is -0.160. The summed E-state index contributed by atoms with van der Waals surface area (Å²) in [7, 11) is 0. The molecule has 0 aromatic heterocycles. The summed E-state index contributed by atoms with van der Waals surface area (Å²) in [5, 5.41) is 28.2. The first-order valence-corrected chi connectivity index (χ1v) is 4.84. The molecule has 1 aliphatic rings. The quantitative estimate of drug-likeness (QED) is 0.564. The molecule has 14 heavy (non-hydrogen) atoms. The molecule has 0 amide bonds. The van der Waals surface area contributed by atoms with Gasteiger partial charge in [0.25, 0.3) is 0 Å². The molecule has 1 saturated heterocycles. The predicted molar refractivity (Wildman–Crippen MR) is 51.3 cm³/mol. The summed E-state index contributed by atoms with van der Waals surface area (Å²) in [6.45, 7) is 7.27. The Kier molecular flexibility index (Phi) is 3.53. The molecular weight excluding hydrogens is 184 g/mol. The van der Waals surface area contributed by atoms with E-state index in [1.165, 1.54) is 6.61 Å². The van der Waals surface area contributed by atoms with Crippen molar-refractivity contribution in [1.29, 1.82) is 0 Å². The lowest BCUT2D eigenvalue weighted by atomic mass is 9.85. The molecule has 0 unspecified atom stereocenters. The first-order valence-electron chi connectivity index (χ1n) is 4.84. The summed E-state index contributed by atoms with van der Waals surface area (Å²) in [6, 6.07) is 0. The van der Waals surface area contributed by atoms with Gasteiger partial charge in [-0.05, 0) is 11.8 Å². The van der Waals surface area contributed by atoms with Crippen molar-refractivity contribution < 1.29 is 20.1 Å². The van der Waals surface area contributed by atoms with Crippen LogP contribution in [0, 0.1) is 12.0 Å². The number of aliphatic hydroxyl groups excluding tert-OH is 3. The normalized spacial score (nSPS) is 39.9. The van der Waals surface area contributed by atoms with Gasteiger partial charge in [-0.2, -0.15) is 0 Å². The highest BCUT2D eigenvalue weighted by molar-refractivity contribution is 4.92. The van der Waals surface area contributed by atoms with E-state index >= 15 is 0 Å². The van der Waals surface area contributed by atoms with Gasteiger partial charge in [0.15, 0.2) is 0 Å². The van der Waals surface area contributed by atoms with Crippen molar-refractivity contribution in [2.24, 2.45) is 5.41 Å². The van der Waals surface area contributed by atoms with Crippen molar-refractivity contribution in [3.63, 3.8) is 0 Å². The standard InChI is InChI=1S/C10H19O4/c1-10(2,3)4-7-9(13)8(12)6(11)5-14-7/h5-9,11-13H,4H2,1-3H3/t6-,7-,8-,9+/m1/s1. The van der Waals surface area contributed by atoms with E-state index in [0.717, 1.165) is 0 Å². The lowest BCUT2D eigenvalue weighted by Gasteiger charge is -2.37. The number of hydrogen-bond acceptors (Lipinski definition) is 4. The Labute approximate surface area is 84.5 Å². The van der Waals surface area contributed by atoms with E-state index in [-0.39, 0.29) is 5.41 Å². The van der Waals surface area contributed by atoms with E-state index in [4.69, 9.17) is 4.74 Å². The molecule has 1 fully saturated rings. The van der Waals surface area contributed by atoms with E-state index in [1.54, 1.807) is 0 Å². The first-order chi connectivity index (χ1) is 6.31. The topological polar surface area (TPSA) is 69.9 Å². The lowest BCUT2D eigenvalue weighted by molar-refractivity contribution is -0.167. The van der Waals surface area contributed by atoms with Gasteiger partial charge < -0.3 is 20.1 Å². The average molecular weight is 203 g/mol. The zero-order valence-electron chi connectivity index (χ0n) is 8.84. The molecule has 4 atom stereocenters. The van der Waals surface area contributed by atoms with Gasteiger partial charge in [0.2, 0.25) is 0 Å². The minimum Gasteiger partial charge on any atom is -0.388 e. The molecule has 4 heteroatoms. The van der Waals surface area contributed by atoms with Crippen LogP contribution in [0.4, 0.5) is 0 Å². The molecule has 0 aliphatic carbocycles. The van der Waals surface area contributed by atoms with Crippen molar-refractivity contribution in [2.75, 3.05) is 0 Å². The Morgan fingerprint density at radius 2 is 1.71 bits per heavy atom. The van der Waals surface area contributed by atoms with Gasteiger partial charge in [-0.25, -0.2) is 0 Å². The van der Waals surface area contributed by atoms with E-state index in [2.05, 4.69) is 0 Å². The third-order valence-electron chi connectivity index (χ3n) is 2.29. The van der Waals surface area contributed by atoms with Crippen LogP contribution < -0.4 is 0 Å². The maximum atomic E-state index is 9.62. The molecule has 0 aromatic carbocycles. The van der Waals surface area contributed by atoms with Crippen molar-refractivity contribution >= 4 is 0 Å². The van der Waals surface area contributed by atoms with Crippen LogP contribution in [0.25, 0.3) is 0 Å². The van der Waals surface area contributed by atoms with Crippen LogP contribution in [-0.4, -0.2) is 39.7 Å².